The lowest BCUT2D eigenvalue weighted by Crippen LogP contribution is -2.34. The van der Waals surface area contributed by atoms with Gasteiger partial charge in [-0.1, -0.05) is 12.1 Å². The number of methoxy groups -OCH3 is 1. The second-order valence-electron chi connectivity index (χ2n) is 6.61. The fourth-order valence-electron chi connectivity index (χ4n) is 2.68. The highest BCUT2D eigenvalue weighted by atomic mass is 32.2. The van der Waals surface area contributed by atoms with Crippen molar-refractivity contribution in [3.05, 3.63) is 53.8 Å². The summed E-state index contributed by atoms with van der Waals surface area (Å²) in [5.41, 5.74) is 2.04. The van der Waals surface area contributed by atoms with Crippen molar-refractivity contribution in [3.63, 3.8) is 0 Å². The fraction of sp³-hybridized carbons (Fsp3) is 0.368. The molecular weight excluding hydrogens is 369 g/mol. The molecule has 8 heteroatoms. The minimum Gasteiger partial charge on any atom is -0.494 e. The summed E-state index contributed by atoms with van der Waals surface area (Å²) < 4.78 is 46.3. The monoisotopic (exact) mass is 395 g/mol. The molecule has 0 spiro atoms. The molecule has 6 nitrogen and oxygen atoms in total. The maximum Gasteiger partial charge on any atom is 0.240 e. The van der Waals surface area contributed by atoms with Gasteiger partial charge in [-0.05, 0) is 50.0 Å². The standard InChI is InChI=1S/C19H26FN3O3S/c1-22(2)15-8-6-14(7-9-15)18(23(3)4)13-21-27(24,25)16-10-11-19(26-5)17(20)12-16/h6-12,18,21H,13H2,1-5H3/t18-/m1/s1. The van der Waals surface area contributed by atoms with Gasteiger partial charge in [0.2, 0.25) is 10.0 Å². The number of likely N-dealkylation sites (N-methyl/N-ethyl adjacent to an activating group) is 1. The van der Waals surface area contributed by atoms with E-state index in [0.29, 0.717) is 0 Å². The number of nitrogens with zero attached hydrogens (tertiary/aromatic N) is 2. The zero-order valence-electron chi connectivity index (χ0n) is 16.2. The number of sulfonamides is 1. The molecule has 0 bridgehead atoms. The first-order valence-corrected chi connectivity index (χ1v) is 9.91. The molecule has 0 saturated carbocycles. The van der Waals surface area contributed by atoms with Crippen LogP contribution in [0.25, 0.3) is 0 Å². The van der Waals surface area contributed by atoms with Crippen LogP contribution in [0, 0.1) is 5.82 Å². The topological polar surface area (TPSA) is 61.9 Å². The maximum absolute atomic E-state index is 13.8. The Balaban J connectivity index is 2.18. The van der Waals surface area contributed by atoms with Crippen molar-refractivity contribution in [1.82, 2.24) is 9.62 Å². The Morgan fingerprint density at radius 2 is 1.70 bits per heavy atom. The predicted octanol–water partition coefficient (Wildman–Crippen LogP) is 2.48. The third kappa shape index (κ3) is 5.18. The molecule has 0 aliphatic heterocycles. The van der Waals surface area contributed by atoms with Gasteiger partial charge in [-0.3, -0.25) is 0 Å². The quantitative estimate of drug-likeness (QED) is 0.744. The van der Waals surface area contributed by atoms with Gasteiger partial charge in [-0.15, -0.1) is 0 Å². The van der Waals surface area contributed by atoms with Crippen molar-refractivity contribution in [2.24, 2.45) is 0 Å². The lowest BCUT2D eigenvalue weighted by molar-refractivity contribution is 0.299. The van der Waals surface area contributed by atoms with Gasteiger partial charge in [0.25, 0.3) is 0 Å². The summed E-state index contributed by atoms with van der Waals surface area (Å²) in [6.07, 6.45) is 0. The summed E-state index contributed by atoms with van der Waals surface area (Å²) in [4.78, 5) is 3.79. The first-order valence-electron chi connectivity index (χ1n) is 8.42. The number of halogens is 1. The molecule has 0 saturated heterocycles. The number of rotatable bonds is 8. The van der Waals surface area contributed by atoms with Gasteiger partial charge in [-0.25, -0.2) is 17.5 Å². The molecule has 27 heavy (non-hydrogen) atoms. The van der Waals surface area contributed by atoms with E-state index in [4.69, 9.17) is 4.74 Å². The normalized spacial score (nSPS) is 12.9. The van der Waals surface area contributed by atoms with Crippen LogP contribution in [0.2, 0.25) is 0 Å². The summed E-state index contributed by atoms with van der Waals surface area (Å²) >= 11 is 0. The molecule has 0 fully saturated rings. The van der Waals surface area contributed by atoms with Crippen molar-refractivity contribution in [1.29, 1.82) is 0 Å². The Morgan fingerprint density at radius 1 is 1.07 bits per heavy atom. The highest BCUT2D eigenvalue weighted by molar-refractivity contribution is 7.89. The molecule has 0 radical (unpaired) electrons. The number of hydrogen-bond acceptors (Lipinski definition) is 5. The van der Waals surface area contributed by atoms with E-state index in [1.165, 1.54) is 19.2 Å². The summed E-state index contributed by atoms with van der Waals surface area (Å²) in [5, 5.41) is 0. The zero-order valence-corrected chi connectivity index (χ0v) is 17.0. The van der Waals surface area contributed by atoms with Crippen molar-refractivity contribution in [2.45, 2.75) is 10.9 Å². The van der Waals surface area contributed by atoms with Gasteiger partial charge >= 0.3 is 0 Å². The molecule has 148 valence electrons. The van der Waals surface area contributed by atoms with Crippen LogP contribution in [-0.4, -0.2) is 55.2 Å². The predicted molar refractivity (Wildman–Crippen MR) is 105 cm³/mol. The summed E-state index contributed by atoms with van der Waals surface area (Å²) in [5.74, 6) is -0.718. The largest absolute Gasteiger partial charge is 0.494 e. The molecular formula is C19H26FN3O3S. The van der Waals surface area contributed by atoms with E-state index in [-0.39, 0.29) is 23.2 Å². The lowest BCUT2D eigenvalue weighted by atomic mass is 10.1. The van der Waals surface area contributed by atoms with Gasteiger partial charge in [0.15, 0.2) is 11.6 Å². The Hall–Kier alpha value is -2.16. The van der Waals surface area contributed by atoms with Crippen LogP contribution >= 0.6 is 0 Å². The van der Waals surface area contributed by atoms with Crippen molar-refractivity contribution >= 4 is 15.7 Å². The molecule has 0 unspecified atom stereocenters. The number of nitrogens with one attached hydrogen (secondary N) is 1. The van der Waals surface area contributed by atoms with Crippen LogP contribution in [0.4, 0.5) is 10.1 Å². The first kappa shape index (κ1) is 21.1. The van der Waals surface area contributed by atoms with Crippen molar-refractivity contribution < 1.29 is 17.5 Å². The van der Waals surface area contributed by atoms with Crippen LogP contribution in [0.15, 0.2) is 47.4 Å². The summed E-state index contributed by atoms with van der Waals surface area (Å²) in [7, 11) is 5.16. The molecule has 0 aromatic heterocycles. The molecule has 2 aromatic rings. The minimum atomic E-state index is -3.85. The third-order valence-electron chi connectivity index (χ3n) is 4.32. The highest BCUT2D eigenvalue weighted by Crippen LogP contribution is 2.23. The minimum absolute atomic E-state index is 0.00102. The smallest absolute Gasteiger partial charge is 0.240 e. The third-order valence-corrected chi connectivity index (χ3v) is 5.74. The van der Waals surface area contributed by atoms with E-state index in [0.717, 1.165) is 17.3 Å². The van der Waals surface area contributed by atoms with E-state index >= 15 is 0 Å². The Kier molecular flexibility index (Phi) is 6.80. The zero-order chi connectivity index (χ0) is 20.2. The number of anilines is 1. The number of hydrogen-bond donors (Lipinski definition) is 1. The van der Waals surface area contributed by atoms with Crippen molar-refractivity contribution in [3.8, 4) is 5.75 Å². The van der Waals surface area contributed by atoms with E-state index in [9.17, 15) is 12.8 Å². The Morgan fingerprint density at radius 3 is 2.19 bits per heavy atom. The van der Waals surface area contributed by atoms with E-state index in [2.05, 4.69) is 4.72 Å². The molecule has 0 amide bonds. The van der Waals surface area contributed by atoms with Gasteiger partial charge in [0.1, 0.15) is 0 Å². The molecule has 1 atom stereocenters. The van der Waals surface area contributed by atoms with Gasteiger partial charge in [0.05, 0.1) is 12.0 Å². The maximum atomic E-state index is 13.8. The second-order valence-corrected chi connectivity index (χ2v) is 8.38. The number of benzene rings is 2. The lowest BCUT2D eigenvalue weighted by Gasteiger charge is -2.25. The van der Waals surface area contributed by atoms with Crippen LogP contribution < -0.4 is 14.4 Å². The van der Waals surface area contributed by atoms with E-state index in [1.54, 1.807) is 0 Å². The summed E-state index contributed by atoms with van der Waals surface area (Å²) in [6, 6.07) is 11.3. The molecule has 0 aliphatic carbocycles. The van der Waals surface area contributed by atoms with Crippen LogP contribution in [0.5, 0.6) is 5.75 Å². The van der Waals surface area contributed by atoms with Crippen LogP contribution in [0.3, 0.4) is 0 Å². The molecule has 1 N–H and O–H groups in total. The Bertz CT molecular complexity index is 868. The van der Waals surface area contributed by atoms with Crippen LogP contribution in [-0.2, 0) is 10.0 Å². The molecule has 0 aliphatic rings. The Labute approximate surface area is 160 Å². The summed E-state index contributed by atoms with van der Waals surface area (Å²) in [6.45, 7) is 0.157. The van der Waals surface area contributed by atoms with E-state index < -0.39 is 15.8 Å². The van der Waals surface area contributed by atoms with Gasteiger partial charge in [0, 0.05) is 32.4 Å². The van der Waals surface area contributed by atoms with Gasteiger partial charge in [-0.2, -0.15) is 0 Å². The van der Waals surface area contributed by atoms with Crippen molar-refractivity contribution in [2.75, 3.05) is 46.7 Å². The molecule has 0 heterocycles. The SMILES string of the molecule is COc1ccc(S(=O)(=O)NC[C@H](c2ccc(N(C)C)cc2)N(C)C)cc1F. The average molecular weight is 396 g/mol. The average Bonchev–Trinajstić information content (AvgIpc) is 2.61. The van der Waals surface area contributed by atoms with E-state index in [1.807, 2.05) is 62.3 Å². The van der Waals surface area contributed by atoms with Crippen LogP contribution in [0.1, 0.15) is 11.6 Å². The highest BCUT2D eigenvalue weighted by Gasteiger charge is 2.21. The number of ether oxygens (including phenoxy) is 1. The van der Waals surface area contributed by atoms with Gasteiger partial charge < -0.3 is 14.5 Å². The molecule has 2 rings (SSSR count). The second kappa shape index (κ2) is 8.69. The molecule has 2 aromatic carbocycles. The first-order chi connectivity index (χ1) is 12.7. The fourth-order valence-corrected chi connectivity index (χ4v) is 3.73.